The van der Waals surface area contributed by atoms with Crippen molar-refractivity contribution in [3.05, 3.63) is 82.5 Å². The van der Waals surface area contributed by atoms with Crippen molar-refractivity contribution in [3.63, 3.8) is 0 Å². The number of halogens is 1. The van der Waals surface area contributed by atoms with E-state index in [0.717, 1.165) is 15.7 Å². The van der Waals surface area contributed by atoms with Crippen LogP contribution in [0.5, 0.6) is 0 Å². The van der Waals surface area contributed by atoms with Crippen LogP contribution >= 0.6 is 27.7 Å². The predicted molar refractivity (Wildman–Crippen MR) is 146 cm³/mol. The molecule has 0 N–H and O–H groups in total. The van der Waals surface area contributed by atoms with E-state index in [0.29, 0.717) is 41.9 Å². The summed E-state index contributed by atoms with van der Waals surface area (Å²) in [4.78, 5) is 29.8. The molecule has 8 nitrogen and oxygen atoms in total. The van der Waals surface area contributed by atoms with Crippen LogP contribution < -0.4 is 0 Å². The Morgan fingerprint density at radius 2 is 1.92 bits per heavy atom. The first-order chi connectivity index (χ1) is 17.9. The predicted octanol–water partition coefficient (Wildman–Crippen LogP) is 5.06. The number of piperazine rings is 1. The van der Waals surface area contributed by atoms with Crippen molar-refractivity contribution in [2.45, 2.75) is 25.0 Å². The van der Waals surface area contributed by atoms with Gasteiger partial charge in [-0.1, -0.05) is 45.9 Å². The summed E-state index contributed by atoms with van der Waals surface area (Å²) in [7, 11) is 0. The molecule has 4 aromatic rings. The van der Waals surface area contributed by atoms with Gasteiger partial charge >= 0.3 is 0 Å². The van der Waals surface area contributed by atoms with Crippen LogP contribution in [0.25, 0.3) is 17.3 Å². The van der Waals surface area contributed by atoms with Crippen molar-refractivity contribution in [1.29, 1.82) is 0 Å². The van der Waals surface area contributed by atoms with Gasteiger partial charge in [0.05, 0.1) is 17.7 Å². The quantitative estimate of drug-likeness (QED) is 0.297. The topological polar surface area (TPSA) is 84.5 Å². The van der Waals surface area contributed by atoms with Crippen molar-refractivity contribution < 1.29 is 14.0 Å². The number of furan rings is 1. The van der Waals surface area contributed by atoms with E-state index in [1.165, 1.54) is 11.8 Å². The zero-order chi connectivity index (χ0) is 25.9. The number of amides is 2. The van der Waals surface area contributed by atoms with Gasteiger partial charge in [-0.05, 0) is 61.9 Å². The summed E-state index contributed by atoms with van der Waals surface area (Å²) < 4.78 is 8.37. The molecule has 190 valence electrons. The second kappa shape index (κ2) is 10.9. The number of benzene rings is 2. The Morgan fingerprint density at radius 3 is 2.65 bits per heavy atom. The van der Waals surface area contributed by atoms with E-state index in [1.807, 2.05) is 88.9 Å². The van der Waals surface area contributed by atoms with Gasteiger partial charge in [-0.15, -0.1) is 10.2 Å². The van der Waals surface area contributed by atoms with Crippen LogP contribution in [0.2, 0.25) is 0 Å². The second-order valence-corrected chi connectivity index (χ2v) is 10.8. The number of thioether (sulfide) groups is 1. The average Bonchev–Trinajstić information content (AvgIpc) is 3.57. The molecule has 10 heteroatoms. The number of nitrogens with zero attached hydrogens (tertiary/aromatic N) is 5. The minimum Gasteiger partial charge on any atom is -0.461 e. The van der Waals surface area contributed by atoms with Gasteiger partial charge in [0, 0.05) is 35.7 Å². The van der Waals surface area contributed by atoms with Crippen molar-refractivity contribution in [3.8, 4) is 17.3 Å². The van der Waals surface area contributed by atoms with Crippen molar-refractivity contribution in [2.75, 3.05) is 25.4 Å². The number of hydrogen-bond acceptors (Lipinski definition) is 6. The number of aromatic nitrogens is 3. The summed E-state index contributed by atoms with van der Waals surface area (Å²) in [6.45, 7) is 5.48. The monoisotopic (exact) mass is 579 g/mol. The van der Waals surface area contributed by atoms with Crippen LogP contribution in [0.1, 0.15) is 22.8 Å². The maximum Gasteiger partial charge on any atom is 0.254 e. The van der Waals surface area contributed by atoms with Gasteiger partial charge in [0.1, 0.15) is 0 Å². The standard InChI is InChI=1S/C27H26BrN5O3S/c1-18-6-3-9-22(14-18)33-25(23-10-5-13-36-23)29-30-27(33)37-17-24(34)31-11-12-32(19(2)16-31)26(35)20-7-4-8-21(28)15-20/h3-10,13-15,19H,11-12,16-17H2,1-2H3. The molecule has 2 aromatic carbocycles. The Hall–Kier alpha value is -3.37. The highest BCUT2D eigenvalue weighted by Crippen LogP contribution is 2.29. The lowest BCUT2D eigenvalue weighted by Crippen LogP contribution is -2.55. The molecule has 37 heavy (non-hydrogen) atoms. The molecule has 0 aliphatic carbocycles. The smallest absolute Gasteiger partial charge is 0.254 e. The van der Waals surface area contributed by atoms with Crippen molar-refractivity contribution in [2.24, 2.45) is 0 Å². The lowest BCUT2D eigenvalue weighted by molar-refractivity contribution is -0.130. The number of rotatable bonds is 6. The summed E-state index contributed by atoms with van der Waals surface area (Å²) >= 11 is 4.77. The molecule has 0 bridgehead atoms. The molecule has 1 atom stereocenters. The van der Waals surface area contributed by atoms with Crippen LogP contribution in [0.4, 0.5) is 0 Å². The van der Waals surface area contributed by atoms with Crippen molar-refractivity contribution in [1.82, 2.24) is 24.6 Å². The Morgan fingerprint density at radius 1 is 1.08 bits per heavy atom. The Balaban J connectivity index is 1.27. The van der Waals surface area contributed by atoms with Gasteiger partial charge < -0.3 is 14.2 Å². The molecule has 2 aromatic heterocycles. The fourth-order valence-electron chi connectivity index (χ4n) is 4.42. The SMILES string of the molecule is Cc1cccc(-n2c(SCC(=O)N3CCN(C(=O)c4cccc(Br)c4)C(C)C3)nnc2-c2ccco2)c1. The molecule has 0 radical (unpaired) electrons. The van der Waals surface area contributed by atoms with Gasteiger partial charge in [-0.2, -0.15) is 0 Å². The Labute approximate surface area is 227 Å². The van der Waals surface area contributed by atoms with Gasteiger partial charge in [0.2, 0.25) is 11.7 Å². The van der Waals surface area contributed by atoms with E-state index < -0.39 is 0 Å². The molecular weight excluding hydrogens is 554 g/mol. The third-order valence-electron chi connectivity index (χ3n) is 6.27. The summed E-state index contributed by atoms with van der Waals surface area (Å²) in [5.74, 6) is 1.39. The number of aryl methyl sites for hydroxylation is 1. The lowest BCUT2D eigenvalue weighted by atomic mass is 10.1. The molecule has 1 saturated heterocycles. The molecule has 2 amide bonds. The number of carbonyl (C=O) groups excluding carboxylic acids is 2. The second-order valence-electron chi connectivity index (χ2n) is 8.94. The molecular formula is C27H26BrN5O3S. The van der Waals surface area contributed by atoms with E-state index in [-0.39, 0.29) is 23.6 Å². The zero-order valence-electron chi connectivity index (χ0n) is 20.5. The van der Waals surface area contributed by atoms with Crippen LogP contribution in [0, 0.1) is 6.92 Å². The molecule has 1 aliphatic rings. The first-order valence-electron chi connectivity index (χ1n) is 11.9. The van der Waals surface area contributed by atoms with Gasteiger partial charge in [0.25, 0.3) is 5.91 Å². The summed E-state index contributed by atoms with van der Waals surface area (Å²) in [5.41, 5.74) is 2.65. The fraction of sp³-hybridized carbons (Fsp3) is 0.259. The normalized spacial score (nSPS) is 15.7. The van der Waals surface area contributed by atoms with Crippen LogP contribution in [0.3, 0.4) is 0 Å². The largest absolute Gasteiger partial charge is 0.461 e. The first-order valence-corrected chi connectivity index (χ1v) is 13.7. The van der Waals surface area contributed by atoms with E-state index in [9.17, 15) is 9.59 Å². The average molecular weight is 581 g/mol. The fourth-order valence-corrected chi connectivity index (χ4v) is 5.67. The van der Waals surface area contributed by atoms with Gasteiger partial charge in [-0.3, -0.25) is 14.2 Å². The van der Waals surface area contributed by atoms with E-state index in [2.05, 4.69) is 26.1 Å². The summed E-state index contributed by atoms with van der Waals surface area (Å²) in [6.07, 6.45) is 1.60. The summed E-state index contributed by atoms with van der Waals surface area (Å²) in [5, 5.41) is 9.34. The van der Waals surface area contributed by atoms with Crippen LogP contribution in [-0.2, 0) is 4.79 Å². The van der Waals surface area contributed by atoms with E-state index >= 15 is 0 Å². The number of hydrogen-bond donors (Lipinski definition) is 0. The van der Waals surface area contributed by atoms with Crippen LogP contribution in [-0.4, -0.2) is 67.8 Å². The number of carbonyl (C=O) groups is 2. The highest BCUT2D eigenvalue weighted by Gasteiger charge is 2.30. The lowest BCUT2D eigenvalue weighted by Gasteiger charge is -2.40. The molecule has 1 aliphatic heterocycles. The minimum atomic E-state index is -0.0873. The first kappa shape index (κ1) is 25.3. The molecule has 3 heterocycles. The maximum absolute atomic E-state index is 13.2. The molecule has 0 spiro atoms. The molecule has 1 unspecified atom stereocenters. The van der Waals surface area contributed by atoms with E-state index in [1.54, 1.807) is 6.26 Å². The van der Waals surface area contributed by atoms with Crippen molar-refractivity contribution >= 4 is 39.5 Å². The maximum atomic E-state index is 13.2. The van der Waals surface area contributed by atoms with E-state index in [4.69, 9.17) is 4.42 Å². The third kappa shape index (κ3) is 5.50. The highest BCUT2D eigenvalue weighted by molar-refractivity contribution is 9.10. The Kier molecular flexibility index (Phi) is 7.48. The van der Waals surface area contributed by atoms with Crippen LogP contribution in [0.15, 0.2) is 81.0 Å². The summed E-state index contributed by atoms with van der Waals surface area (Å²) in [6, 6.07) is 19.0. The molecule has 1 fully saturated rings. The molecule has 5 rings (SSSR count). The van der Waals surface area contributed by atoms with Gasteiger partial charge in [-0.25, -0.2) is 0 Å². The zero-order valence-corrected chi connectivity index (χ0v) is 22.9. The minimum absolute atomic E-state index is 0.00439. The highest BCUT2D eigenvalue weighted by atomic mass is 79.9. The van der Waals surface area contributed by atoms with Gasteiger partial charge in [0.15, 0.2) is 10.9 Å². The molecule has 0 saturated carbocycles. The Bertz CT molecular complexity index is 1420. The third-order valence-corrected chi connectivity index (χ3v) is 7.68.